The Hall–Kier alpha value is -2.36. The van der Waals surface area contributed by atoms with E-state index in [1.54, 1.807) is 13.1 Å². The van der Waals surface area contributed by atoms with E-state index in [1.165, 1.54) is 0 Å². The molecule has 0 spiro atoms. The van der Waals surface area contributed by atoms with Crippen LogP contribution in [-0.4, -0.2) is 10.9 Å². The zero-order valence-electron chi connectivity index (χ0n) is 11.9. The first kappa shape index (κ1) is 14.1. The first-order valence-electron chi connectivity index (χ1n) is 6.61. The Kier molecular flexibility index (Phi) is 4.35. The van der Waals surface area contributed by atoms with Gasteiger partial charge in [0, 0.05) is 23.7 Å². The molecular formula is C16H18N2O2. The van der Waals surface area contributed by atoms with Gasteiger partial charge in [-0.05, 0) is 37.6 Å². The third kappa shape index (κ3) is 3.35. The first-order valence-corrected chi connectivity index (χ1v) is 6.61. The van der Waals surface area contributed by atoms with Crippen LogP contribution in [0.1, 0.15) is 26.2 Å². The molecule has 2 rings (SSSR count). The van der Waals surface area contributed by atoms with E-state index in [0.29, 0.717) is 5.89 Å². The van der Waals surface area contributed by atoms with Gasteiger partial charge in [-0.3, -0.25) is 4.79 Å². The molecule has 1 heterocycles. The van der Waals surface area contributed by atoms with E-state index in [-0.39, 0.29) is 5.91 Å². The molecule has 20 heavy (non-hydrogen) atoms. The highest BCUT2D eigenvalue weighted by Crippen LogP contribution is 2.22. The highest BCUT2D eigenvalue weighted by molar-refractivity contribution is 6.03. The number of allylic oxidation sites excluding steroid dienone is 1. The summed E-state index contributed by atoms with van der Waals surface area (Å²) in [4.78, 5) is 15.9. The van der Waals surface area contributed by atoms with Crippen molar-refractivity contribution < 1.29 is 9.21 Å². The predicted octanol–water partition coefficient (Wildman–Crippen LogP) is 3.94. The minimum absolute atomic E-state index is 0.0740. The summed E-state index contributed by atoms with van der Waals surface area (Å²) < 4.78 is 5.45. The molecule has 0 aliphatic carbocycles. The van der Waals surface area contributed by atoms with Crippen molar-refractivity contribution >= 4 is 11.6 Å². The van der Waals surface area contributed by atoms with E-state index in [1.807, 2.05) is 44.2 Å². The maximum Gasteiger partial charge on any atom is 0.250 e. The summed E-state index contributed by atoms with van der Waals surface area (Å²) in [6, 6.07) is 7.50. The van der Waals surface area contributed by atoms with Gasteiger partial charge < -0.3 is 9.73 Å². The molecule has 1 amide bonds. The molecule has 104 valence electrons. The smallest absolute Gasteiger partial charge is 0.250 e. The molecule has 1 N–H and O–H groups in total. The number of carbonyl (C=O) groups excluding carboxylic acids is 1. The SMILES string of the molecule is CCC=C(C)C(=O)Nc1ccc(-c2cnc(C)o2)cc1. The number of hydrogen-bond donors (Lipinski definition) is 1. The average molecular weight is 270 g/mol. The number of nitrogens with one attached hydrogen (secondary N) is 1. The molecule has 2 aromatic rings. The molecule has 0 aliphatic heterocycles. The first-order chi connectivity index (χ1) is 9.60. The molecule has 0 saturated carbocycles. The minimum atomic E-state index is -0.0740. The standard InChI is InChI=1S/C16H18N2O2/c1-4-5-11(2)16(19)18-14-8-6-13(7-9-14)15-10-17-12(3)20-15/h5-10H,4H2,1-3H3,(H,18,19). The van der Waals surface area contributed by atoms with Crippen LogP contribution in [0, 0.1) is 6.92 Å². The second-order valence-electron chi connectivity index (χ2n) is 4.57. The number of oxazole rings is 1. The highest BCUT2D eigenvalue weighted by Gasteiger charge is 2.06. The van der Waals surface area contributed by atoms with Gasteiger partial charge in [-0.15, -0.1) is 0 Å². The largest absolute Gasteiger partial charge is 0.441 e. The van der Waals surface area contributed by atoms with Gasteiger partial charge in [0.15, 0.2) is 11.7 Å². The summed E-state index contributed by atoms with van der Waals surface area (Å²) in [6.07, 6.45) is 4.45. The Morgan fingerprint density at radius 2 is 2.05 bits per heavy atom. The summed E-state index contributed by atoms with van der Waals surface area (Å²) in [7, 11) is 0. The maximum absolute atomic E-state index is 11.9. The normalized spacial score (nSPS) is 11.4. The number of anilines is 1. The van der Waals surface area contributed by atoms with Crippen molar-refractivity contribution in [3.05, 3.63) is 48.0 Å². The van der Waals surface area contributed by atoms with Crippen molar-refractivity contribution in [1.82, 2.24) is 4.98 Å². The van der Waals surface area contributed by atoms with E-state index >= 15 is 0 Å². The van der Waals surface area contributed by atoms with Gasteiger partial charge >= 0.3 is 0 Å². The number of benzene rings is 1. The summed E-state index contributed by atoms with van der Waals surface area (Å²) >= 11 is 0. The van der Waals surface area contributed by atoms with Gasteiger partial charge in [-0.25, -0.2) is 4.98 Å². The Bertz CT molecular complexity index is 624. The van der Waals surface area contributed by atoms with E-state index in [4.69, 9.17) is 4.42 Å². The van der Waals surface area contributed by atoms with Crippen LogP contribution < -0.4 is 5.32 Å². The van der Waals surface area contributed by atoms with Crippen LogP contribution >= 0.6 is 0 Å². The van der Waals surface area contributed by atoms with Crippen LogP contribution in [0.5, 0.6) is 0 Å². The molecule has 0 atom stereocenters. The van der Waals surface area contributed by atoms with Crippen molar-refractivity contribution in [2.24, 2.45) is 0 Å². The number of carbonyl (C=O) groups is 1. The molecule has 1 aromatic carbocycles. The van der Waals surface area contributed by atoms with Crippen molar-refractivity contribution in [1.29, 1.82) is 0 Å². The number of amides is 1. The molecule has 4 nitrogen and oxygen atoms in total. The Balaban J connectivity index is 2.09. The van der Waals surface area contributed by atoms with Crippen LogP contribution in [0.15, 0.2) is 46.5 Å². The van der Waals surface area contributed by atoms with Crippen molar-refractivity contribution in [2.45, 2.75) is 27.2 Å². The van der Waals surface area contributed by atoms with E-state index < -0.39 is 0 Å². The van der Waals surface area contributed by atoms with Crippen LogP contribution in [0.4, 0.5) is 5.69 Å². The zero-order valence-corrected chi connectivity index (χ0v) is 11.9. The summed E-state index contributed by atoms with van der Waals surface area (Å²) in [6.45, 7) is 5.62. The highest BCUT2D eigenvalue weighted by atomic mass is 16.4. The lowest BCUT2D eigenvalue weighted by molar-refractivity contribution is -0.112. The second-order valence-corrected chi connectivity index (χ2v) is 4.57. The molecule has 4 heteroatoms. The zero-order chi connectivity index (χ0) is 14.5. The maximum atomic E-state index is 11.9. The molecule has 0 saturated heterocycles. The number of rotatable bonds is 4. The molecule has 0 bridgehead atoms. The average Bonchev–Trinajstić information content (AvgIpc) is 2.86. The van der Waals surface area contributed by atoms with Crippen LogP contribution in [0.2, 0.25) is 0 Å². The molecule has 1 aromatic heterocycles. The quantitative estimate of drug-likeness (QED) is 0.856. The van der Waals surface area contributed by atoms with Gasteiger partial charge in [-0.1, -0.05) is 13.0 Å². The number of aromatic nitrogens is 1. The van der Waals surface area contributed by atoms with Crippen molar-refractivity contribution in [3.8, 4) is 11.3 Å². The lowest BCUT2D eigenvalue weighted by Gasteiger charge is -2.06. The molecule has 0 unspecified atom stereocenters. The second kappa shape index (κ2) is 6.19. The van der Waals surface area contributed by atoms with Crippen LogP contribution in [-0.2, 0) is 4.79 Å². The van der Waals surface area contributed by atoms with Crippen LogP contribution in [0.25, 0.3) is 11.3 Å². The van der Waals surface area contributed by atoms with Gasteiger partial charge in [0.1, 0.15) is 0 Å². The van der Waals surface area contributed by atoms with Gasteiger partial charge in [-0.2, -0.15) is 0 Å². The Morgan fingerprint density at radius 1 is 1.35 bits per heavy atom. The van der Waals surface area contributed by atoms with Crippen LogP contribution in [0.3, 0.4) is 0 Å². The van der Waals surface area contributed by atoms with Crippen molar-refractivity contribution in [3.63, 3.8) is 0 Å². The Morgan fingerprint density at radius 3 is 2.60 bits per heavy atom. The third-order valence-corrected chi connectivity index (χ3v) is 2.92. The fourth-order valence-electron chi connectivity index (χ4n) is 1.84. The summed E-state index contributed by atoms with van der Waals surface area (Å²) in [5.74, 6) is 1.29. The Labute approximate surface area is 118 Å². The van der Waals surface area contributed by atoms with Gasteiger partial charge in [0.2, 0.25) is 0 Å². The van der Waals surface area contributed by atoms with E-state index in [9.17, 15) is 4.79 Å². The number of aryl methyl sites for hydroxylation is 1. The predicted molar refractivity (Wildman–Crippen MR) is 79.4 cm³/mol. The molecule has 0 radical (unpaired) electrons. The summed E-state index contributed by atoms with van der Waals surface area (Å²) in [5.41, 5.74) is 2.42. The molecule has 0 aliphatic rings. The lowest BCUT2D eigenvalue weighted by Crippen LogP contribution is -2.12. The summed E-state index contributed by atoms with van der Waals surface area (Å²) in [5, 5.41) is 2.86. The molecular weight excluding hydrogens is 252 g/mol. The number of hydrogen-bond acceptors (Lipinski definition) is 3. The third-order valence-electron chi connectivity index (χ3n) is 2.92. The lowest BCUT2D eigenvalue weighted by atomic mass is 10.1. The fourth-order valence-corrected chi connectivity index (χ4v) is 1.84. The molecule has 0 fully saturated rings. The van der Waals surface area contributed by atoms with E-state index in [0.717, 1.165) is 29.0 Å². The van der Waals surface area contributed by atoms with E-state index in [2.05, 4.69) is 10.3 Å². The van der Waals surface area contributed by atoms with Crippen molar-refractivity contribution in [2.75, 3.05) is 5.32 Å². The monoisotopic (exact) mass is 270 g/mol. The topological polar surface area (TPSA) is 55.1 Å². The van der Waals surface area contributed by atoms with Gasteiger partial charge in [0.25, 0.3) is 5.91 Å². The fraction of sp³-hybridized carbons (Fsp3) is 0.250. The van der Waals surface area contributed by atoms with Gasteiger partial charge in [0.05, 0.1) is 6.20 Å². The number of nitrogens with zero attached hydrogens (tertiary/aromatic N) is 1. The minimum Gasteiger partial charge on any atom is -0.441 e.